The maximum absolute atomic E-state index is 4.77. The molecule has 0 amide bonds. The molecular formula is C29H45N. The first kappa shape index (κ1) is 26.1. The Morgan fingerprint density at radius 3 is 2.47 bits per heavy atom. The van der Waals surface area contributed by atoms with E-state index in [1.807, 2.05) is 20.0 Å². The highest BCUT2D eigenvalue weighted by atomic mass is 14.7. The van der Waals surface area contributed by atoms with Gasteiger partial charge in [0.15, 0.2) is 0 Å². The van der Waals surface area contributed by atoms with E-state index in [9.17, 15) is 0 Å². The highest BCUT2D eigenvalue weighted by Crippen LogP contribution is 2.39. The van der Waals surface area contributed by atoms with E-state index in [1.165, 1.54) is 46.4 Å². The maximum atomic E-state index is 4.77. The minimum atomic E-state index is 0.550. The molecule has 0 fully saturated rings. The van der Waals surface area contributed by atoms with Crippen molar-refractivity contribution < 1.29 is 0 Å². The average Bonchev–Trinajstić information content (AvgIpc) is 2.80. The van der Waals surface area contributed by atoms with Gasteiger partial charge in [-0.25, -0.2) is 0 Å². The molecule has 1 heteroatoms. The second-order valence-corrected chi connectivity index (χ2v) is 8.36. The van der Waals surface area contributed by atoms with Gasteiger partial charge in [0.1, 0.15) is 0 Å². The molecule has 2 aliphatic carbocycles. The molecule has 0 N–H and O–H groups in total. The van der Waals surface area contributed by atoms with Crippen LogP contribution in [0.3, 0.4) is 0 Å². The fourth-order valence-corrected chi connectivity index (χ4v) is 3.76. The van der Waals surface area contributed by atoms with Crippen LogP contribution in [-0.2, 0) is 6.42 Å². The van der Waals surface area contributed by atoms with Gasteiger partial charge in [-0.15, -0.1) is 0 Å². The number of rotatable bonds is 5. The van der Waals surface area contributed by atoms with E-state index in [-0.39, 0.29) is 0 Å². The first-order chi connectivity index (χ1) is 14.5. The number of aromatic nitrogens is 1. The van der Waals surface area contributed by atoms with Crippen molar-refractivity contribution in [2.24, 2.45) is 11.8 Å². The minimum absolute atomic E-state index is 0.550. The van der Waals surface area contributed by atoms with Gasteiger partial charge in [-0.3, -0.25) is 4.98 Å². The zero-order chi connectivity index (χ0) is 22.5. The molecule has 0 aliphatic heterocycles. The predicted molar refractivity (Wildman–Crippen MR) is 137 cm³/mol. The van der Waals surface area contributed by atoms with Gasteiger partial charge in [0, 0.05) is 11.8 Å². The predicted octanol–water partition coefficient (Wildman–Crippen LogP) is 9.22. The Morgan fingerprint density at radius 2 is 1.87 bits per heavy atom. The molecule has 1 atom stereocenters. The molecule has 0 saturated heterocycles. The normalized spacial score (nSPS) is 17.8. The van der Waals surface area contributed by atoms with Gasteiger partial charge in [-0.2, -0.15) is 0 Å². The number of fused-ring (bicyclic) bond motifs is 1. The van der Waals surface area contributed by atoms with Crippen molar-refractivity contribution in [1.82, 2.24) is 4.98 Å². The molecular weight excluding hydrogens is 362 g/mol. The molecule has 1 aromatic heterocycles. The number of aryl methyl sites for hydroxylation is 1. The van der Waals surface area contributed by atoms with Crippen LogP contribution in [0, 0.1) is 11.8 Å². The summed E-state index contributed by atoms with van der Waals surface area (Å²) in [5.41, 5.74) is 8.34. The number of pyridine rings is 1. The van der Waals surface area contributed by atoms with Gasteiger partial charge in [-0.1, -0.05) is 89.0 Å². The molecule has 0 saturated carbocycles. The molecule has 0 bridgehead atoms. The summed E-state index contributed by atoms with van der Waals surface area (Å²) >= 11 is 0. The second kappa shape index (κ2) is 14.2. The third-order valence-corrected chi connectivity index (χ3v) is 6.31. The topological polar surface area (TPSA) is 12.9 Å². The molecule has 30 heavy (non-hydrogen) atoms. The van der Waals surface area contributed by atoms with Crippen LogP contribution < -0.4 is 0 Å². The standard InChI is InChI=1S/C21H25N.C6H14.C2H6/c1-4-5-8-18-13-15(2)16(3)14-20(18)21-19-10-7-6-9-17(19)11-12-22-21;1-4-6(3)5-2;1-2/h4-5,7,10-12,14,18H,6,8-9,13H2,1-3H3;6H,4-5H2,1-3H3;1-2H3. The molecule has 1 unspecified atom stereocenters. The summed E-state index contributed by atoms with van der Waals surface area (Å²) in [5.74, 6) is 1.49. The molecule has 0 radical (unpaired) electrons. The third kappa shape index (κ3) is 7.42. The van der Waals surface area contributed by atoms with E-state index in [4.69, 9.17) is 4.98 Å². The largest absolute Gasteiger partial charge is 0.256 e. The average molecular weight is 408 g/mol. The van der Waals surface area contributed by atoms with Crippen LogP contribution in [0.15, 0.2) is 47.7 Å². The Labute approximate surface area is 187 Å². The molecule has 0 spiro atoms. The van der Waals surface area contributed by atoms with E-state index in [1.54, 1.807) is 0 Å². The van der Waals surface area contributed by atoms with Crippen molar-refractivity contribution in [1.29, 1.82) is 0 Å². The Balaban J connectivity index is 0.000000487. The van der Waals surface area contributed by atoms with E-state index in [0.717, 1.165) is 31.6 Å². The molecule has 0 aromatic carbocycles. The zero-order valence-corrected chi connectivity index (χ0v) is 20.9. The minimum Gasteiger partial charge on any atom is -0.256 e. The monoisotopic (exact) mass is 407 g/mol. The fourth-order valence-electron chi connectivity index (χ4n) is 3.76. The summed E-state index contributed by atoms with van der Waals surface area (Å²) in [6.07, 6.45) is 20.6. The van der Waals surface area contributed by atoms with Crippen LogP contribution in [0.25, 0.3) is 11.6 Å². The molecule has 166 valence electrons. The van der Waals surface area contributed by atoms with Crippen LogP contribution in [0.5, 0.6) is 0 Å². The Hall–Kier alpha value is -1.89. The quantitative estimate of drug-likeness (QED) is 0.443. The van der Waals surface area contributed by atoms with Crippen LogP contribution in [0.1, 0.15) is 104 Å². The Bertz CT molecular complexity index is 757. The van der Waals surface area contributed by atoms with Gasteiger partial charge in [0.25, 0.3) is 0 Å². The summed E-state index contributed by atoms with van der Waals surface area (Å²) < 4.78 is 0. The zero-order valence-electron chi connectivity index (χ0n) is 20.9. The van der Waals surface area contributed by atoms with Crippen LogP contribution in [-0.4, -0.2) is 4.98 Å². The highest BCUT2D eigenvalue weighted by Gasteiger charge is 2.24. The van der Waals surface area contributed by atoms with Crippen LogP contribution >= 0.6 is 0 Å². The van der Waals surface area contributed by atoms with Crippen molar-refractivity contribution in [2.75, 3.05) is 0 Å². The van der Waals surface area contributed by atoms with E-state index >= 15 is 0 Å². The van der Waals surface area contributed by atoms with Gasteiger partial charge in [0.2, 0.25) is 0 Å². The SMILES string of the molecule is CC.CC=CCC1CC(C)=C(C)C=C1c1nccc2c1C=CCC2.CCC(C)CC. The highest BCUT2D eigenvalue weighted by molar-refractivity contribution is 5.78. The van der Waals surface area contributed by atoms with Crippen molar-refractivity contribution >= 4 is 11.6 Å². The number of allylic oxidation sites excluding steroid dienone is 7. The lowest BCUT2D eigenvalue weighted by molar-refractivity contribution is 0.544. The number of hydrogen-bond acceptors (Lipinski definition) is 1. The van der Waals surface area contributed by atoms with Crippen molar-refractivity contribution in [2.45, 2.75) is 93.9 Å². The van der Waals surface area contributed by atoms with E-state index in [0.29, 0.717) is 5.92 Å². The molecule has 1 aromatic rings. The maximum Gasteiger partial charge on any atom is 0.0739 e. The Morgan fingerprint density at radius 1 is 1.17 bits per heavy atom. The fraction of sp³-hybridized carbons (Fsp3) is 0.552. The van der Waals surface area contributed by atoms with Crippen molar-refractivity contribution in [3.63, 3.8) is 0 Å². The number of hydrogen-bond donors (Lipinski definition) is 0. The smallest absolute Gasteiger partial charge is 0.0739 e. The Kier molecular flexibility index (Phi) is 12.4. The van der Waals surface area contributed by atoms with Gasteiger partial charge >= 0.3 is 0 Å². The molecule has 3 rings (SSSR count). The summed E-state index contributed by atoms with van der Waals surface area (Å²) in [6, 6.07) is 2.18. The first-order valence-electron chi connectivity index (χ1n) is 12.2. The lowest BCUT2D eigenvalue weighted by atomic mass is 9.79. The van der Waals surface area contributed by atoms with Gasteiger partial charge in [0.05, 0.1) is 5.69 Å². The number of nitrogens with zero attached hydrogens (tertiary/aromatic N) is 1. The summed E-state index contributed by atoms with van der Waals surface area (Å²) in [5, 5.41) is 0. The van der Waals surface area contributed by atoms with Crippen molar-refractivity contribution in [3.05, 3.63) is 64.5 Å². The first-order valence-corrected chi connectivity index (χ1v) is 12.2. The van der Waals surface area contributed by atoms with Gasteiger partial charge in [-0.05, 0) is 75.5 Å². The molecule has 1 heterocycles. The molecule has 1 nitrogen and oxygen atoms in total. The lowest BCUT2D eigenvalue weighted by Gasteiger charge is -2.27. The summed E-state index contributed by atoms with van der Waals surface area (Å²) in [4.78, 5) is 4.77. The van der Waals surface area contributed by atoms with E-state index in [2.05, 4.69) is 78.0 Å². The summed E-state index contributed by atoms with van der Waals surface area (Å²) in [7, 11) is 0. The van der Waals surface area contributed by atoms with Crippen molar-refractivity contribution in [3.8, 4) is 0 Å². The van der Waals surface area contributed by atoms with Crippen LogP contribution in [0.2, 0.25) is 0 Å². The summed E-state index contributed by atoms with van der Waals surface area (Å²) in [6.45, 7) is 17.3. The third-order valence-electron chi connectivity index (χ3n) is 6.31. The van der Waals surface area contributed by atoms with E-state index < -0.39 is 0 Å². The molecule has 2 aliphatic rings. The van der Waals surface area contributed by atoms with Gasteiger partial charge < -0.3 is 0 Å². The van der Waals surface area contributed by atoms with Crippen LogP contribution in [0.4, 0.5) is 0 Å². The second-order valence-electron chi connectivity index (χ2n) is 8.36. The lowest BCUT2D eigenvalue weighted by Crippen LogP contribution is -2.12.